The van der Waals surface area contributed by atoms with Gasteiger partial charge in [0.1, 0.15) is 18.8 Å². The van der Waals surface area contributed by atoms with Crippen LogP contribution >= 0.6 is 0 Å². The maximum Gasteiger partial charge on any atom is 0.303 e. The molecule has 0 amide bonds. The number of imidazole rings is 1. The summed E-state index contributed by atoms with van der Waals surface area (Å²) >= 11 is 0. The van der Waals surface area contributed by atoms with Crippen molar-refractivity contribution in [2.75, 3.05) is 13.7 Å². The van der Waals surface area contributed by atoms with E-state index in [-0.39, 0.29) is 17.8 Å². The van der Waals surface area contributed by atoms with Gasteiger partial charge >= 0.3 is 11.9 Å². The smallest absolute Gasteiger partial charge is 0.303 e. The highest BCUT2D eigenvalue weighted by Gasteiger charge is 2.49. The van der Waals surface area contributed by atoms with E-state index in [1.165, 1.54) is 38.2 Å². The molecular formula is C15H18N4O7. The van der Waals surface area contributed by atoms with Crippen molar-refractivity contribution in [3.05, 3.63) is 23.0 Å². The van der Waals surface area contributed by atoms with E-state index in [1.807, 2.05) is 0 Å². The second-order valence-corrected chi connectivity index (χ2v) is 5.70. The Kier molecular flexibility index (Phi) is 5.00. The van der Waals surface area contributed by atoms with Crippen LogP contribution < -0.4 is 5.56 Å². The second kappa shape index (κ2) is 7.22. The van der Waals surface area contributed by atoms with E-state index in [0.29, 0.717) is 0 Å². The summed E-state index contributed by atoms with van der Waals surface area (Å²) in [7, 11) is 1.43. The van der Waals surface area contributed by atoms with Gasteiger partial charge < -0.3 is 23.9 Å². The zero-order valence-corrected chi connectivity index (χ0v) is 14.4. The van der Waals surface area contributed by atoms with Crippen molar-refractivity contribution >= 4 is 23.1 Å². The van der Waals surface area contributed by atoms with E-state index >= 15 is 0 Å². The molecule has 4 atom stereocenters. The first kappa shape index (κ1) is 18.0. The molecule has 4 unspecified atom stereocenters. The maximum absolute atomic E-state index is 11.8. The van der Waals surface area contributed by atoms with Crippen molar-refractivity contribution < 1.29 is 28.5 Å². The van der Waals surface area contributed by atoms with Gasteiger partial charge in [0, 0.05) is 21.0 Å². The lowest BCUT2D eigenvalue weighted by Gasteiger charge is -2.23. The SMILES string of the molecule is COC1C(COC(C)=O)OC(n2cnc3c(=O)[nH]cnc32)C1OC(C)=O. The molecule has 0 spiro atoms. The molecule has 0 aliphatic carbocycles. The Morgan fingerprint density at radius 3 is 2.69 bits per heavy atom. The molecule has 1 fully saturated rings. The third-order valence-corrected chi connectivity index (χ3v) is 3.95. The van der Waals surface area contributed by atoms with Gasteiger partial charge in [0.2, 0.25) is 0 Å². The summed E-state index contributed by atoms with van der Waals surface area (Å²) in [6.07, 6.45) is -0.474. The van der Waals surface area contributed by atoms with Crippen molar-refractivity contribution in [3.8, 4) is 0 Å². The molecule has 140 valence electrons. The Labute approximate surface area is 147 Å². The summed E-state index contributed by atoms with van der Waals surface area (Å²) in [6.45, 7) is 2.46. The number of aromatic amines is 1. The largest absolute Gasteiger partial charge is 0.463 e. The number of nitrogens with one attached hydrogen (secondary N) is 1. The number of ether oxygens (including phenoxy) is 4. The van der Waals surface area contributed by atoms with Crippen LogP contribution in [0.5, 0.6) is 0 Å². The molecule has 2 aromatic rings. The van der Waals surface area contributed by atoms with Crippen molar-refractivity contribution in [2.24, 2.45) is 0 Å². The van der Waals surface area contributed by atoms with Crippen LogP contribution in [-0.2, 0) is 28.5 Å². The topological polar surface area (TPSA) is 135 Å². The lowest BCUT2D eigenvalue weighted by Crippen LogP contribution is -2.38. The van der Waals surface area contributed by atoms with Crippen molar-refractivity contribution in [1.29, 1.82) is 0 Å². The fraction of sp³-hybridized carbons (Fsp3) is 0.533. The predicted molar refractivity (Wildman–Crippen MR) is 85.0 cm³/mol. The van der Waals surface area contributed by atoms with Crippen LogP contribution in [0.4, 0.5) is 0 Å². The number of rotatable bonds is 5. The highest BCUT2D eigenvalue weighted by molar-refractivity contribution is 5.69. The molecule has 3 heterocycles. The van der Waals surface area contributed by atoms with Crippen LogP contribution in [0, 0.1) is 0 Å². The normalized spacial score (nSPS) is 25.3. The number of hydrogen-bond acceptors (Lipinski definition) is 9. The Morgan fingerprint density at radius 1 is 1.27 bits per heavy atom. The van der Waals surface area contributed by atoms with Crippen molar-refractivity contribution in [1.82, 2.24) is 19.5 Å². The molecule has 26 heavy (non-hydrogen) atoms. The van der Waals surface area contributed by atoms with Crippen LogP contribution in [0.1, 0.15) is 20.1 Å². The Bertz CT molecular complexity index is 876. The number of esters is 2. The number of methoxy groups -OCH3 is 1. The minimum absolute atomic E-state index is 0.0806. The predicted octanol–water partition coefficient (Wildman–Crippen LogP) is -0.473. The van der Waals surface area contributed by atoms with E-state index in [9.17, 15) is 14.4 Å². The van der Waals surface area contributed by atoms with Crippen LogP contribution in [-0.4, -0.2) is 63.5 Å². The average Bonchev–Trinajstić information content (AvgIpc) is 3.14. The zero-order valence-electron chi connectivity index (χ0n) is 14.4. The van der Waals surface area contributed by atoms with E-state index in [2.05, 4.69) is 15.0 Å². The standard InChI is InChI=1S/C15H18N4O7/c1-7(20)24-4-9-11(23-3)12(25-8(2)21)15(26-9)19-6-18-10-13(19)16-5-17-14(10)22/h5-6,9,11-12,15H,4H2,1-3H3,(H,16,17,22). The minimum Gasteiger partial charge on any atom is -0.463 e. The van der Waals surface area contributed by atoms with Gasteiger partial charge in [-0.2, -0.15) is 0 Å². The van der Waals surface area contributed by atoms with Gasteiger partial charge in [-0.05, 0) is 0 Å². The van der Waals surface area contributed by atoms with Gasteiger partial charge in [-0.1, -0.05) is 0 Å². The second-order valence-electron chi connectivity index (χ2n) is 5.70. The fourth-order valence-corrected chi connectivity index (χ4v) is 2.92. The van der Waals surface area contributed by atoms with E-state index < -0.39 is 42.0 Å². The molecule has 0 aromatic carbocycles. The quantitative estimate of drug-likeness (QED) is 0.696. The Balaban J connectivity index is 1.99. The lowest BCUT2D eigenvalue weighted by molar-refractivity contribution is -0.156. The van der Waals surface area contributed by atoms with E-state index in [4.69, 9.17) is 18.9 Å². The van der Waals surface area contributed by atoms with Crippen LogP contribution in [0.3, 0.4) is 0 Å². The number of fused-ring (bicyclic) bond motifs is 1. The number of nitrogens with zero attached hydrogens (tertiary/aromatic N) is 3. The fourth-order valence-electron chi connectivity index (χ4n) is 2.92. The summed E-state index contributed by atoms with van der Waals surface area (Å²) in [5.41, 5.74) is -0.0236. The molecule has 1 saturated heterocycles. The Morgan fingerprint density at radius 2 is 2.04 bits per heavy atom. The van der Waals surface area contributed by atoms with Gasteiger partial charge in [0.15, 0.2) is 23.5 Å². The number of carbonyl (C=O) groups excluding carboxylic acids is 2. The van der Waals surface area contributed by atoms with Crippen LogP contribution in [0.25, 0.3) is 11.2 Å². The molecular weight excluding hydrogens is 348 g/mol. The molecule has 0 bridgehead atoms. The van der Waals surface area contributed by atoms with Gasteiger partial charge in [-0.15, -0.1) is 0 Å². The average molecular weight is 366 g/mol. The summed E-state index contributed by atoms with van der Waals surface area (Å²) < 4.78 is 23.2. The minimum atomic E-state index is -0.858. The van der Waals surface area contributed by atoms with Crippen molar-refractivity contribution in [3.63, 3.8) is 0 Å². The molecule has 1 aliphatic heterocycles. The van der Waals surface area contributed by atoms with Crippen molar-refractivity contribution in [2.45, 2.75) is 38.4 Å². The molecule has 3 rings (SSSR count). The maximum atomic E-state index is 11.8. The monoisotopic (exact) mass is 366 g/mol. The highest BCUT2D eigenvalue weighted by Crippen LogP contribution is 2.35. The molecule has 1 N–H and O–H groups in total. The highest BCUT2D eigenvalue weighted by atomic mass is 16.6. The third-order valence-electron chi connectivity index (χ3n) is 3.95. The summed E-state index contributed by atoms with van der Waals surface area (Å²) in [5, 5.41) is 0. The first-order valence-corrected chi connectivity index (χ1v) is 7.81. The zero-order chi connectivity index (χ0) is 18.8. The van der Waals surface area contributed by atoms with Gasteiger partial charge in [-0.3, -0.25) is 19.0 Å². The van der Waals surface area contributed by atoms with Crippen LogP contribution in [0.2, 0.25) is 0 Å². The number of H-pyrrole nitrogens is 1. The first-order valence-electron chi connectivity index (χ1n) is 7.81. The molecule has 2 aromatic heterocycles. The summed E-state index contributed by atoms with van der Waals surface area (Å²) in [4.78, 5) is 45.1. The summed E-state index contributed by atoms with van der Waals surface area (Å²) in [6, 6.07) is 0. The molecule has 0 saturated carbocycles. The first-order chi connectivity index (χ1) is 12.4. The molecule has 0 radical (unpaired) electrons. The molecule has 1 aliphatic rings. The molecule has 11 nitrogen and oxygen atoms in total. The Hall–Kier alpha value is -2.79. The van der Waals surface area contributed by atoms with Gasteiger partial charge in [0.25, 0.3) is 5.56 Å². The lowest BCUT2D eigenvalue weighted by atomic mass is 10.1. The van der Waals surface area contributed by atoms with E-state index in [1.54, 1.807) is 0 Å². The number of carbonyl (C=O) groups is 2. The van der Waals surface area contributed by atoms with E-state index in [0.717, 1.165) is 0 Å². The summed E-state index contributed by atoms with van der Waals surface area (Å²) in [5.74, 6) is -1.01. The van der Waals surface area contributed by atoms with Crippen LogP contribution in [0.15, 0.2) is 17.4 Å². The molecule has 11 heteroatoms. The van der Waals surface area contributed by atoms with Gasteiger partial charge in [-0.25, -0.2) is 9.97 Å². The number of aromatic nitrogens is 4. The third kappa shape index (κ3) is 3.30. The number of hydrogen-bond donors (Lipinski definition) is 1. The van der Waals surface area contributed by atoms with Gasteiger partial charge in [0.05, 0.1) is 12.7 Å².